The van der Waals surface area contributed by atoms with Gasteiger partial charge in [-0.3, -0.25) is 4.79 Å². The molecule has 8 heteroatoms. The average molecular weight is 559 g/mol. The lowest BCUT2D eigenvalue weighted by Gasteiger charge is -2.47. The smallest absolute Gasteiger partial charge is 0.343 e. The number of esters is 2. The van der Waals surface area contributed by atoms with Crippen LogP contribution in [0, 0.1) is 34.5 Å². The molecule has 0 saturated heterocycles. The van der Waals surface area contributed by atoms with Crippen molar-refractivity contribution in [3.05, 3.63) is 95.3 Å². The Balaban J connectivity index is 1.41. The van der Waals surface area contributed by atoms with Crippen molar-refractivity contribution < 1.29 is 39.2 Å². The SMILES string of the molecule is C[C@@H]1C[C@@H]2[C@H]([C@@H]3C=C(COC(=O)c4ccccc4)[C@@H](O)[C@]4(O)[C@@H](O)C(OC(=O)c5ccccc5)=C[C@@]14C3=O)C2(C)C. The molecule has 2 aromatic rings. The van der Waals surface area contributed by atoms with Crippen LogP contribution in [0.15, 0.2) is 84.1 Å². The molecule has 0 heterocycles. The lowest BCUT2D eigenvalue weighted by atomic mass is 9.59. The van der Waals surface area contributed by atoms with Crippen LogP contribution in [0.5, 0.6) is 0 Å². The number of fused-ring (bicyclic) bond motifs is 3. The molecular formula is C33H34O8. The molecule has 2 bridgehead atoms. The summed E-state index contributed by atoms with van der Waals surface area (Å²) in [4.78, 5) is 40.3. The zero-order valence-electron chi connectivity index (χ0n) is 23.2. The van der Waals surface area contributed by atoms with Crippen molar-refractivity contribution in [2.45, 2.75) is 45.0 Å². The first-order chi connectivity index (χ1) is 19.4. The van der Waals surface area contributed by atoms with Crippen LogP contribution in [0.25, 0.3) is 0 Å². The summed E-state index contributed by atoms with van der Waals surface area (Å²) in [5.74, 6) is -3.13. The monoisotopic (exact) mass is 558 g/mol. The van der Waals surface area contributed by atoms with Crippen molar-refractivity contribution in [1.29, 1.82) is 0 Å². The van der Waals surface area contributed by atoms with Gasteiger partial charge in [-0.1, -0.05) is 63.2 Å². The molecule has 3 N–H and O–H groups in total. The topological polar surface area (TPSA) is 130 Å². The first-order valence-corrected chi connectivity index (χ1v) is 14.0. The molecule has 41 heavy (non-hydrogen) atoms. The van der Waals surface area contributed by atoms with E-state index in [0.717, 1.165) is 0 Å². The lowest BCUT2D eigenvalue weighted by Crippen LogP contribution is -2.65. The van der Waals surface area contributed by atoms with E-state index >= 15 is 0 Å². The first-order valence-electron chi connectivity index (χ1n) is 14.0. The second-order valence-electron chi connectivity index (χ2n) is 12.5. The van der Waals surface area contributed by atoms with Crippen molar-refractivity contribution in [2.75, 3.05) is 6.61 Å². The summed E-state index contributed by atoms with van der Waals surface area (Å²) in [6.07, 6.45) is -0.119. The molecule has 2 fully saturated rings. The molecule has 0 aromatic heterocycles. The number of carbonyl (C=O) groups excluding carboxylic acids is 3. The highest BCUT2D eigenvalue weighted by molar-refractivity contribution is 5.96. The number of ether oxygens (including phenoxy) is 2. The minimum absolute atomic E-state index is 0.0624. The predicted molar refractivity (Wildman–Crippen MR) is 147 cm³/mol. The van der Waals surface area contributed by atoms with E-state index < -0.39 is 53.6 Å². The Morgan fingerprint density at radius 1 is 0.927 bits per heavy atom. The van der Waals surface area contributed by atoms with Crippen LogP contribution in [-0.4, -0.2) is 57.5 Å². The van der Waals surface area contributed by atoms with E-state index in [-0.39, 0.29) is 39.9 Å². The minimum atomic E-state index is -2.46. The Kier molecular flexibility index (Phi) is 6.37. The third kappa shape index (κ3) is 3.88. The molecule has 1 spiro atoms. The Hall–Kier alpha value is -3.59. The Labute approximate surface area is 238 Å². The van der Waals surface area contributed by atoms with Crippen LogP contribution < -0.4 is 0 Å². The zero-order chi connectivity index (χ0) is 29.3. The van der Waals surface area contributed by atoms with E-state index in [1.54, 1.807) is 66.7 Å². The number of aliphatic hydroxyl groups is 3. The van der Waals surface area contributed by atoms with Gasteiger partial charge >= 0.3 is 11.9 Å². The van der Waals surface area contributed by atoms with Gasteiger partial charge in [-0.25, -0.2) is 9.59 Å². The molecule has 0 radical (unpaired) electrons. The second-order valence-corrected chi connectivity index (χ2v) is 12.5. The van der Waals surface area contributed by atoms with E-state index in [1.807, 2.05) is 6.92 Å². The fraction of sp³-hybridized carbons (Fsp3) is 0.424. The number of allylic oxidation sites excluding steroid dienone is 1. The molecule has 4 aliphatic rings. The van der Waals surface area contributed by atoms with Crippen LogP contribution >= 0.6 is 0 Å². The zero-order valence-corrected chi connectivity index (χ0v) is 23.2. The Morgan fingerprint density at radius 2 is 1.51 bits per heavy atom. The molecule has 2 aromatic carbocycles. The summed E-state index contributed by atoms with van der Waals surface area (Å²) >= 11 is 0. The van der Waals surface area contributed by atoms with Crippen molar-refractivity contribution in [3.8, 4) is 0 Å². The Morgan fingerprint density at radius 3 is 2.12 bits per heavy atom. The van der Waals surface area contributed by atoms with E-state index in [2.05, 4.69) is 13.8 Å². The molecule has 8 atom stereocenters. The van der Waals surface area contributed by atoms with E-state index in [0.29, 0.717) is 12.0 Å². The van der Waals surface area contributed by atoms with Gasteiger partial charge in [0.15, 0.2) is 5.78 Å². The van der Waals surface area contributed by atoms with E-state index in [4.69, 9.17) is 9.47 Å². The molecule has 0 amide bonds. The highest BCUT2D eigenvalue weighted by atomic mass is 16.6. The quantitative estimate of drug-likeness (QED) is 0.376. The number of hydrogen-bond donors (Lipinski definition) is 3. The number of benzene rings is 2. The van der Waals surface area contributed by atoms with Crippen molar-refractivity contribution >= 4 is 17.7 Å². The van der Waals surface area contributed by atoms with Gasteiger partial charge in [-0.2, -0.15) is 0 Å². The summed E-state index contributed by atoms with van der Waals surface area (Å²) in [5.41, 5.74) is -3.70. The molecule has 4 aliphatic carbocycles. The molecule has 214 valence electrons. The first kappa shape index (κ1) is 27.6. The van der Waals surface area contributed by atoms with Crippen LogP contribution in [0.2, 0.25) is 0 Å². The summed E-state index contributed by atoms with van der Waals surface area (Å²) < 4.78 is 11.1. The molecule has 0 aliphatic heterocycles. The van der Waals surface area contributed by atoms with Gasteiger partial charge in [-0.15, -0.1) is 0 Å². The van der Waals surface area contributed by atoms with Gasteiger partial charge in [0, 0.05) is 5.92 Å². The molecule has 2 saturated carbocycles. The highest BCUT2D eigenvalue weighted by Gasteiger charge is 2.76. The fourth-order valence-electron chi connectivity index (χ4n) is 7.78. The van der Waals surface area contributed by atoms with Gasteiger partial charge < -0.3 is 24.8 Å². The van der Waals surface area contributed by atoms with Crippen LogP contribution in [0.4, 0.5) is 0 Å². The number of rotatable bonds is 5. The predicted octanol–water partition coefficient (Wildman–Crippen LogP) is 3.47. The normalized spacial score (nSPS) is 36.5. The van der Waals surface area contributed by atoms with Gasteiger partial charge in [0.2, 0.25) is 0 Å². The minimum Gasteiger partial charge on any atom is -0.457 e. The largest absolute Gasteiger partial charge is 0.457 e. The highest BCUT2D eigenvalue weighted by Crippen LogP contribution is 2.71. The molecule has 6 rings (SSSR count). The summed E-state index contributed by atoms with van der Waals surface area (Å²) in [6, 6.07) is 16.5. The number of Topliss-reactive ketones (excluding diaryl/α,β-unsaturated/α-hetero) is 1. The maximum Gasteiger partial charge on any atom is 0.343 e. The van der Waals surface area contributed by atoms with Gasteiger partial charge in [0.1, 0.15) is 30.2 Å². The fourth-order valence-corrected chi connectivity index (χ4v) is 7.78. The van der Waals surface area contributed by atoms with Crippen molar-refractivity contribution in [1.82, 2.24) is 0 Å². The number of aliphatic hydroxyl groups excluding tert-OH is 2. The lowest BCUT2D eigenvalue weighted by molar-refractivity contribution is -0.192. The third-order valence-electron chi connectivity index (χ3n) is 10.1. The second kappa shape index (κ2) is 9.48. The molecule has 8 nitrogen and oxygen atoms in total. The third-order valence-corrected chi connectivity index (χ3v) is 10.1. The van der Waals surface area contributed by atoms with E-state index in [9.17, 15) is 29.7 Å². The average Bonchev–Trinajstić information content (AvgIpc) is 3.47. The van der Waals surface area contributed by atoms with Crippen molar-refractivity contribution in [2.24, 2.45) is 34.5 Å². The summed E-state index contributed by atoms with van der Waals surface area (Å²) in [6.45, 7) is 5.64. The molecular weight excluding hydrogens is 524 g/mol. The number of carbonyl (C=O) groups is 3. The van der Waals surface area contributed by atoms with E-state index in [1.165, 1.54) is 6.08 Å². The van der Waals surface area contributed by atoms with Crippen molar-refractivity contribution in [3.63, 3.8) is 0 Å². The van der Waals surface area contributed by atoms with Crippen LogP contribution in [0.1, 0.15) is 47.9 Å². The Bertz CT molecular complexity index is 1460. The number of ketones is 1. The van der Waals surface area contributed by atoms with Gasteiger partial charge in [0.25, 0.3) is 0 Å². The van der Waals surface area contributed by atoms with Gasteiger partial charge in [0.05, 0.1) is 16.5 Å². The maximum absolute atomic E-state index is 14.6. The standard InChI is InChI=1S/C33H34O8/c1-18-14-23-25(31(23,2)3)22-15-21(17-40-29(37)19-10-6-4-7-11-19)26(34)33(39)28(36)24(16-32(18,33)27(22)35)41-30(38)20-12-8-5-9-13-20/h4-13,15-16,18,22-23,25-26,28,34,36,39H,14,17H2,1-3H3/t18-,22+,23-,25+,26-,28+,32+,33+/m1/s1. The summed E-state index contributed by atoms with van der Waals surface area (Å²) in [7, 11) is 0. The molecule has 0 unspecified atom stereocenters. The summed E-state index contributed by atoms with van der Waals surface area (Å²) in [5, 5.41) is 35.8. The van der Waals surface area contributed by atoms with Crippen LogP contribution in [0.3, 0.4) is 0 Å². The van der Waals surface area contributed by atoms with Crippen LogP contribution in [-0.2, 0) is 14.3 Å². The van der Waals surface area contributed by atoms with Gasteiger partial charge in [-0.05, 0) is 65.5 Å². The number of hydrogen-bond acceptors (Lipinski definition) is 8. The maximum atomic E-state index is 14.6.